The normalized spacial score (nSPS) is 24.1. The summed E-state index contributed by atoms with van der Waals surface area (Å²) in [7, 11) is 0. The molecule has 2 unspecified atom stereocenters. The van der Waals surface area contributed by atoms with Crippen LogP contribution >= 0.6 is 0 Å². The molecule has 2 aromatic rings. The highest BCUT2D eigenvalue weighted by molar-refractivity contribution is 5.92. The molecule has 0 aliphatic carbocycles. The van der Waals surface area contributed by atoms with Gasteiger partial charge in [-0.15, -0.1) is 0 Å². The Labute approximate surface area is 168 Å². The second-order valence-corrected chi connectivity index (χ2v) is 7.26. The molecule has 2 aromatic heterocycles. The summed E-state index contributed by atoms with van der Waals surface area (Å²) in [6, 6.07) is 7.17. The second-order valence-electron chi connectivity index (χ2n) is 7.26. The molecular formula is C20H22N6O3. The largest absolute Gasteiger partial charge is 0.377 e. The minimum atomic E-state index is -0.510. The molecular weight excluding hydrogens is 372 g/mol. The van der Waals surface area contributed by atoms with Crippen LogP contribution in [-0.2, 0) is 9.47 Å². The number of nitrogens with one attached hydrogen (secondary N) is 1. The maximum absolute atomic E-state index is 12.8. The number of nitriles is 1. The zero-order valence-corrected chi connectivity index (χ0v) is 16.0. The van der Waals surface area contributed by atoms with E-state index in [-0.39, 0.29) is 12.0 Å². The lowest BCUT2D eigenvalue weighted by atomic mass is 10.00. The Morgan fingerprint density at radius 2 is 2.31 bits per heavy atom. The van der Waals surface area contributed by atoms with Gasteiger partial charge in [0.15, 0.2) is 0 Å². The van der Waals surface area contributed by atoms with Crippen molar-refractivity contribution in [2.75, 3.05) is 38.2 Å². The van der Waals surface area contributed by atoms with E-state index >= 15 is 0 Å². The molecule has 29 heavy (non-hydrogen) atoms. The Balaban J connectivity index is 1.37. The van der Waals surface area contributed by atoms with Crippen molar-refractivity contribution in [3.63, 3.8) is 0 Å². The lowest BCUT2D eigenvalue weighted by Gasteiger charge is -2.31. The van der Waals surface area contributed by atoms with E-state index < -0.39 is 5.60 Å². The van der Waals surface area contributed by atoms with Gasteiger partial charge in [0, 0.05) is 25.5 Å². The van der Waals surface area contributed by atoms with Crippen LogP contribution in [0.3, 0.4) is 0 Å². The number of pyridine rings is 1. The van der Waals surface area contributed by atoms with Gasteiger partial charge in [-0.1, -0.05) is 0 Å². The van der Waals surface area contributed by atoms with E-state index in [1.54, 1.807) is 29.3 Å². The maximum atomic E-state index is 12.8. The molecule has 0 aromatic carbocycles. The van der Waals surface area contributed by atoms with Crippen LogP contribution in [0.1, 0.15) is 28.9 Å². The molecule has 9 nitrogen and oxygen atoms in total. The van der Waals surface area contributed by atoms with Gasteiger partial charge in [0.25, 0.3) is 5.91 Å². The Hall–Kier alpha value is -3.09. The number of anilines is 1. The molecule has 9 heteroatoms. The van der Waals surface area contributed by atoms with Gasteiger partial charge in [0.1, 0.15) is 29.5 Å². The van der Waals surface area contributed by atoms with E-state index in [4.69, 9.17) is 14.7 Å². The second kappa shape index (κ2) is 8.51. The minimum Gasteiger partial charge on any atom is -0.377 e. The summed E-state index contributed by atoms with van der Waals surface area (Å²) in [6.45, 7) is 2.51. The predicted molar refractivity (Wildman–Crippen MR) is 103 cm³/mol. The van der Waals surface area contributed by atoms with Crippen LogP contribution in [0.5, 0.6) is 0 Å². The fraction of sp³-hybridized carbons (Fsp3) is 0.450. The van der Waals surface area contributed by atoms with Gasteiger partial charge < -0.3 is 19.7 Å². The van der Waals surface area contributed by atoms with Crippen LogP contribution in [0.4, 0.5) is 5.82 Å². The molecule has 150 valence electrons. The Kier molecular flexibility index (Phi) is 5.64. The van der Waals surface area contributed by atoms with E-state index in [2.05, 4.69) is 26.3 Å². The van der Waals surface area contributed by atoms with E-state index in [0.29, 0.717) is 49.9 Å². The van der Waals surface area contributed by atoms with Gasteiger partial charge in [-0.2, -0.15) is 5.26 Å². The third-order valence-electron chi connectivity index (χ3n) is 5.18. The Morgan fingerprint density at radius 1 is 1.38 bits per heavy atom. The predicted octanol–water partition coefficient (Wildman–Crippen LogP) is 1.25. The number of carbonyl (C=O) groups excluding carboxylic acids is 1. The number of aromatic nitrogens is 3. The molecule has 2 fully saturated rings. The average Bonchev–Trinajstić information content (AvgIpc) is 3.05. The highest BCUT2D eigenvalue weighted by Gasteiger charge is 2.44. The van der Waals surface area contributed by atoms with Crippen molar-refractivity contribution in [2.45, 2.75) is 24.5 Å². The highest BCUT2D eigenvalue weighted by Crippen LogP contribution is 2.33. The quantitative estimate of drug-likeness (QED) is 0.824. The number of hydrogen-bond acceptors (Lipinski definition) is 8. The van der Waals surface area contributed by atoms with Crippen molar-refractivity contribution in [3.05, 3.63) is 48.2 Å². The zero-order chi connectivity index (χ0) is 20.1. The molecule has 1 spiro atoms. The Morgan fingerprint density at radius 3 is 3.07 bits per heavy atom. The first kappa shape index (κ1) is 19.2. The van der Waals surface area contributed by atoms with Crippen LogP contribution < -0.4 is 5.32 Å². The van der Waals surface area contributed by atoms with Crippen molar-refractivity contribution in [1.82, 2.24) is 19.9 Å². The first-order chi connectivity index (χ1) is 14.2. The minimum absolute atomic E-state index is 0.00912. The summed E-state index contributed by atoms with van der Waals surface area (Å²) >= 11 is 0. The number of nitrogens with zero attached hydrogens (tertiary/aromatic N) is 5. The molecule has 1 amide bonds. The molecule has 4 heterocycles. The van der Waals surface area contributed by atoms with Crippen LogP contribution in [-0.4, -0.2) is 70.3 Å². The number of carbonyl (C=O) groups is 1. The van der Waals surface area contributed by atoms with Crippen molar-refractivity contribution in [3.8, 4) is 6.07 Å². The van der Waals surface area contributed by atoms with Crippen LogP contribution in [0, 0.1) is 11.3 Å². The van der Waals surface area contributed by atoms with Gasteiger partial charge in [0.2, 0.25) is 0 Å². The van der Waals surface area contributed by atoms with Gasteiger partial charge in [-0.25, -0.2) is 15.0 Å². The van der Waals surface area contributed by atoms with Crippen molar-refractivity contribution in [1.29, 1.82) is 5.26 Å². The van der Waals surface area contributed by atoms with E-state index in [1.165, 1.54) is 12.5 Å². The Bertz CT molecular complexity index is 885. The SMILES string of the molecule is N#Cc1ccc(NCC2CCC3(COCCN(C(=O)c4ccncn4)C3)O2)nc1. The van der Waals surface area contributed by atoms with Crippen molar-refractivity contribution >= 4 is 11.7 Å². The average molecular weight is 394 g/mol. The molecule has 2 saturated heterocycles. The molecule has 1 N–H and O–H groups in total. The molecule has 2 aliphatic heterocycles. The standard InChI is InChI=1S/C20H22N6O3/c21-9-15-1-2-18(23-10-15)24-11-16-3-5-20(29-16)12-26(7-8-28-13-20)19(27)17-4-6-22-14-25-17/h1-2,4,6,10,14,16H,3,5,7-8,11-13H2,(H,23,24). The van der Waals surface area contributed by atoms with Gasteiger partial charge in [0.05, 0.1) is 31.4 Å². The van der Waals surface area contributed by atoms with Gasteiger partial charge in [-0.05, 0) is 31.0 Å². The highest BCUT2D eigenvalue weighted by atomic mass is 16.6. The fourth-order valence-corrected chi connectivity index (χ4v) is 3.70. The summed E-state index contributed by atoms with van der Waals surface area (Å²) in [5.41, 5.74) is 0.389. The number of ether oxygens (including phenoxy) is 2. The van der Waals surface area contributed by atoms with Gasteiger partial charge in [-0.3, -0.25) is 4.79 Å². The fourth-order valence-electron chi connectivity index (χ4n) is 3.70. The molecule has 2 aliphatic rings. The summed E-state index contributed by atoms with van der Waals surface area (Å²) in [5, 5.41) is 12.1. The number of rotatable bonds is 4. The van der Waals surface area contributed by atoms with Gasteiger partial charge >= 0.3 is 0 Å². The summed E-state index contributed by atoms with van der Waals surface area (Å²) in [5.74, 6) is 0.565. The van der Waals surface area contributed by atoms with Crippen molar-refractivity contribution in [2.24, 2.45) is 0 Å². The van der Waals surface area contributed by atoms with Crippen LogP contribution in [0.15, 0.2) is 36.9 Å². The van der Waals surface area contributed by atoms with E-state index in [9.17, 15) is 4.79 Å². The lowest BCUT2D eigenvalue weighted by molar-refractivity contribution is -0.0802. The first-order valence-corrected chi connectivity index (χ1v) is 9.58. The summed E-state index contributed by atoms with van der Waals surface area (Å²) < 4.78 is 12.1. The van der Waals surface area contributed by atoms with E-state index in [0.717, 1.165) is 12.8 Å². The summed E-state index contributed by atoms with van der Waals surface area (Å²) in [4.78, 5) is 26.7. The lowest BCUT2D eigenvalue weighted by Crippen LogP contribution is -2.47. The molecule has 4 rings (SSSR count). The third kappa shape index (κ3) is 4.50. The van der Waals surface area contributed by atoms with E-state index in [1.807, 2.05) is 0 Å². The monoisotopic (exact) mass is 394 g/mol. The molecule has 0 radical (unpaired) electrons. The first-order valence-electron chi connectivity index (χ1n) is 9.58. The van der Waals surface area contributed by atoms with Crippen molar-refractivity contribution < 1.29 is 14.3 Å². The molecule has 2 atom stereocenters. The smallest absolute Gasteiger partial charge is 0.272 e. The molecule has 0 saturated carbocycles. The zero-order valence-electron chi connectivity index (χ0n) is 16.0. The topological polar surface area (TPSA) is 113 Å². The summed E-state index contributed by atoms with van der Waals surface area (Å²) in [6.07, 6.45) is 6.15. The maximum Gasteiger partial charge on any atom is 0.272 e. The number of amides is 1. The van der Waals surface area contributed by atoms with Crippen LogP contribution in [0.25, 0.3) is 0 Å². The third-order valence-corrected chi connectivity index (χ3v) is 5.18. The number of hydrogen-bond donors (Lipinski definition) is 1. The van der Waals surface area contributed by atoms with Crippen LogP contribution in [0.2, 0.25) is 0 Å². The molecule has 0 bridgehead atoms.